The van der Waals surface area contributed by atoms with Crippen LogP contribution in [0.4, 0.5) is 0 Å². The first-order valence-corrected chi connectivity index (χ1v) is 10.5. The molecular formula is C19H34O6S. The molecule has 0 aromatic rings. The maximum Gasteiger partial charge on any atom is 0.305 e. The summed E-state index contributed by atoms with van der Waals surface area (Å²) in [5, 5.41) is 20.4. The number of aliphatic hydroxyl groups is 2. The van der Waals surface area contributed by atoms with Crippen LogP contribution in [-0.2, 0) is 19.1 Å². The third kappa shape index (κ3) is 8.37. The molecule has 152 valence electrons. The molecule has 0 aromatic carbocycles. The predicted molar refractivity (Wildman–Crippen MR) is 102 cm³/mol. The number of hydrogen-bond donors (Lipinski definition) is 2. The number of hydrogen-bond acceptors (Lipinski definition) is 7. The van der Waals surface area contributed by atoms with Crippen molar-refractivity contribution in [1.82, 2.24) is 0 Å². The highest BCUT2D eigenvalue weighted by Gasteiger charge is 2.42. The van der Waals surface area contributed by atoms with Crippen LogP contribution in [-0.4, -0.2) is 65.0 Å². The molecular weight excluding hydrogens is 356 g/mol. The van der Waals surface area contributed by atoms with E-state index >= 15 is 0 Å². The van der Waals surface area contributed by atoms with Crippen LogP contribution >= 0.6 is 11.8 Å². The number of carbonyl (C=O) groups excluding carboxylic acids is 2. The fourth-order valence-corrected chi connectivity index (χ4v) is 4.68. The highest BCUT2D eigenvalue weighted by atomic mass is 32.2. The third-order valence-electron chi connectivity index (χ3n) is 4.68. The van der Waals surface area contributed by atoms with Crippen molar-refractivity contribution in [2.24, 2.45) is 5.92 Å². The van der Waals surface area contributed by atoms with E-state index in [1.54, 1.807) is 6.92 Å². The molecule has 0 amide bonds. The standard InChI is InChI=1S/C19H34O6S/c1-4-25-12-19(2,23)13-26-18-14(15(20)11-16(18)21)9-7-5-6-8-10-17(22)24-3/h14,16,18,21,23H,4-13H2,1-3H3/t14-,16?,18+,19?/m0/s1. The van der Waals surface area contributed by atoms with E-state index < -0.39 is 11.7 Å². The normalized spacial score (nSPS) is 25.3. The molecule has 0 bridgehead atoms. The van der Waals surface area contributed by atoms with Gasteiger partial charge in [0.15, 0.2) is 0 Å². The van der Waals surface area contributed by atoms with E-state index in [4.69, 9.17) is 4.74 Å². The van der Waals surface area contributed by atoms with Crippen molar-refractivity contribution in [1.29, 1.82) is 0 Å². The number of methoxy groups -OCH3 is 1. The van der Waals surface area contributed by atoms with Gasteiger partial charge in [0.05, 0.1) is 25.4 Å². The summed E-state index contributed by atoms with van der Waals surface area (Å²) in [6.45, 7) is 4.39. The average molecular weight is 391 g/mol. The average Bonchev–Trinajstić information content (AvgIpc) is 2.87. The second-order valence-electron chi connectivity index (χ2n) is 7.28. The third-order valence-corrected chi connectivity index (χ3v) is 6.49. The molecule has 7 heteroatoms. The number of carbonyl (C=O) groups is 2. The number of Topliss-reactive ketones (excluding diaryl/α,β-unsaturated/α-hetero) is 1. The Kier molecular flexibility index (Phi) is 10.8. The molecule has 1 rings (SSSR count). The molecule has 0 radical (unpaired) electrons. The van der Waals surface area contributed by atoms with E-state index in [0.717, 1.165) is 32.1 Å². The molecule has 0 saturated heterocycles. The maximum atomic E-state index is 12.2. The first-order valence-electron chi connectivity index (χ1n) is 9.50. The van der Waals surface area contributed by atoms with Gasteiger partial charge >= 0.3 is 5.97 Å². The van der Waals surface area contributed by atoms with Crippen LogP contribution in [0.3, 0.4) is 0 Å². The monoisotopic (exact) mass is 390 g/mol. The largest absolute Gasteiger partial charge is 0.469 e. The van der Waals surface area contributed by atoms with Crippen molar-refractivity contribution in [3.05, 3.63) is 0 Å². The lowest BCUT2D eigenvalue weighted by atomic mass is 9.98. The lowest BCUT2D eigenvalue weighted by Gasteiger charge is -2.27. The molecule has 26 heavy (non-hydrogen) atoms. The Hall–Kier alpha value is -0.630. The number of thioether (sulfide) groups is 1. The summed E-state index contributed by atoms with van der Waals surface area (Å²) in [5.41, 5.74) is -0.968. The summed E-state index contributed by atoms with van der Waals surface area (Å²) in [7, 11) is 1.39. The van der Waals surface area contributed by atoms with E-state index in [0.29, 0.717) is 18.8 Å². The number of rotatable bonds is 13. The van der Waals surface area contributed by atoms with Gasteiger partial charge in [0.2, 0.25) is 0 Å². The molecule has 0 heterocycles. The van der Waals surface area contributed by atoms with E-state index in [1.165, 1.54) is 18.9 Å². The molecule has 1 aliphatic carbocycles. The summed E-state index contributed by atoms with van der Waals surface area (Å²) in [4.78, 5) is 23.3. The lowest BCUT2D eigenvalue weighted by Crippen LogP contribution is -2.36. The fraction of sp³-hybridized carbons (Fsp3) is 0.895. The van der Waals surface area contributed by atoms with Gasteiger partial charge in [0.25, 0.3) is 0 Å². The molecule has 1 saturated carbocycles. The minimum atomic E-state index is -0.968. The maximum absolute atomic E-state index is 12.2. The van der Waals surface area contributed by atoms with Gasteiger partial charge in [0.1, 0.15) is 5.78 Å². The number of esters is 1. The summed E-state index contributed by atoms with van der Waals surface area (Å²) in [6, 6.07) is 0. The molecule has 1 fully saturated rings. The summed E-state index contributed by atoms with van der Waals surface area (Å²) >= 11 is 1.47. The van der Waals surface area contributed by atoms with E-state index in [1.807, 2.05) is 6.92 Å². The van der Waals surface area contributed by atoms with Crippen LogP contribution in [0, 0.1) is 5.92 Å². The Labute approximate surface area is 161 Å². The van der Waals surface area contributed by atoms with Crippen molar-refractivity contribution < 1.29 is 29.3 Å². The smallest absolute Gasteiger partial charge is 0.305 e. The van der Waals surface area contributed by atoms with Crippen molar-refractivity contribution in [2.45, 2.75) is 75.7 Å². The zero-order valence-corrected chi connectivity index (χ0v) is 17.1. The zero-order valence-electron chi connectivity index (χ0n) is 16.2. The molecule has 6 nitrogen and oxygen atoms in total. The molecule has 0 aliphatic heterocycles. The highest BCUT2D eigenvalue weighted by molar-refractivity contribution is 8.00. The van der Waals surface area contributed by atoms with Crippen LogP contribution in [0.15, 0.2) is 0 Å². The molecule has 0 spiro atoms. The highest BCUT2D eigenvalue weighted by Crippen LogP contribution is 2.37. The summed E-state index contributed by atoms with van der Waals surface area (Å²) in [6.07, 6.45) is 4.33. The Morgan fingerprint density at radius 1 is 1.31 bits per heavy atom. The summed E-state index contributed by atoms with van der Waals surface area (Å²) in [5.74, 6) is 0.208. The van der Waals surface area contributed by atoms with Gasteiger partial charge < -0.3 is 19.7 Å². The zero-order chi connectivity index (χ0) is 19.6. The van der Waals surface area contributed by atoms with Crippen LogP contribution < -0.4 is 0 Å². The number of aliphatic hydroxyl groups excluding tert-OH is 1. The minimum Gasteiger partial charge on any atom is -0.469 e. The molecule has 0 aromatic heterocycles. The van der Waals surface area contributed by atoms with Gasteiger partial charge in [0, 0.05) is 36.4 Å². The summed E-state index contributed by atoms with van der Waals surface area (Å²) < 4.78 is 9.90. The topological polar surface area (TPSA) is 93.1 Å². The van der Waals surface area contributed by atoms with Gasteiger partial charge in [-0.1, -0.05) is 19.3 Å². The molecule has 1 aliphatic rings. The molecule has 4 atom stereocenters. The Bertz CT molecular complexity index is 440. The first-order chi connectivity index (χ1) is 12.3. The lowest BCUT2D eigenvalue weighted by molar-refractivity contribution is -0.140. The van der Waals surface area contributed by atoms with Crippen molar-refractivity contribution in [2.75, 3.05) is 26.1 Å². The molecule has 2 unspecified atom stereocenters. The van der Waals surface area contributed by atoms with Gasteiger partial charge in [-0.3, -0.25) is 9.59 Å². The quantitative estimate of drug-likeness (QED) is 0.368. The van der Waals surface area contributed by atoms with Crippen LogP contribution in [0.25, 0.3) is 0 Å². The van der Waals surface area contributed by atoms with Crippen molar-refractivity contribution in [3.8, 4) is 0 Å². The van der Waals surface area contributed by atoms with Crippen molar-refractivity contribution >= 4 is 23.5 Å². The molecule has 2 N–H and O–H groups in total. The van der Waals surface area contributed by atoms with Gasteiger partial charge in [-0.2, -0.15) is 11.8 Å². The van der Waals surface area contributed by atoms with Crippen molar-refractivity contribution in [3.63, 3.8) is 0 Å². The van der Waals surface area contributed by atoms with Crippen LogP contribution in [0.5, 0.6) is 0 Å². The Morgan fingerprint density at radius 3 is 2.65 bits per heavy atom. The number of unbranched alkanes of at least 4 members (excludes halogenated alkanes) is 3. The van der Waals surface area contributed by atoms with E-state index in [2.05, 4.69) is 4.74 Å². The minimum absolute atomic E-state index is 0.119. The second kappa shape index (κ2) is 12.0. The first kappa shape index (κ1) is 23.4. The number of ether oxygens (including phenoxy) is 2. The second-order valence-corrected chi connectivity index (χ2v) is 8.45. The fourth-order valence-electron chi connectivity index (χ4n) is 3.21. The van der Waals surface area contributed by atoms with Crippen LogP contribution in [0.1, 0.15) is 58.8 Å². The van der Waals surface area contributed by atoms with Gasteiger partial charge in [-0.15, -0.1) is 0 Å². The predicted octanol–water partition coefficient (Wildman–Crippen LogP) is 2.34. The van der Waals surface area contributed by atoms with Gasteiger partial charge in [-0.05, 0) is 26.7 Å². The van der Waals surface area contributed by atoms with Gasteiger partial charge in [-0.25, -0.2) is 0 Å². The van der Waals surface area contributed by atoms with Crippen LogP contribution in [0.2, 0.25) is 0 Å². The Morgan fingerprint density at radius 2 is 2.00 bits per heavy atom. The Balaban J connectivity index is 2.37. The van der Waals surface area contributed by atoms with E-state index in [-0.39, 0.29) is 35.9 Å². The SMILES string of the molecule is CCOCC(C)(O)CS[C@H]1C(O)CC(=O)[C@@H]1CCCCCCC(=O)OC. The number of ketones is 1. The van der Waals surface area contributed by atoms with E-state index in [9.17, 15) is 19.8 Å².